The zero-order valence-electron chi connectivity index (χ0n) is 11.4. The number of hydrogen-bond donors (Lipinski definition) is 1. The predicted molar refractivity (Wildman–Crippen MR) is 82.7 cm³/mol. The van der Waals surface area contributed by atoms with Crippen molar-refractivity contribution in [3.05, 3.63) is 74.3 Å². The Bertz CT molecular complexity index is 688. The first-order chi connectivity index (χ1) is 10.2. The molecular weight excluding hydrogens is 288 g/mol. The highest BCUT2D eigenvalue weighted by Gasteiger charge is 2.25. The van der Waals surface area contributed by atoms with Gasteiger partial charge in [0.05, 0.1) is 15.5 Å². The standard InChI is InChI=1S/C16H15ClN2O2/c17-15-6-3-7-16(19(20)21)14(15)10-18-9-12-8-11-4-1-2-5-13(11)12/h1-7,12,18H,8-10H2. The van der Waals surface area contributed by atoms with Gasteiger partial charge in [-0.15, -0.1) is 0 Å². The predicted octanol–water partition coefficient (Wildman–Crippen LogP) is 3.68. The molecule has 1 aliphatic rings. The van der Waals surface area contributed by atoms with Crippen LogP contribution in [0, 0.1) is 10.1 Å². The van der Waals surface area contributed by atoms with Crippen LogP contribution in [-0.2, 0) is 13.0 Å². The van der Waals surface area contributed by atoms with Crippen molar-refractivity contribution in [1.29, 1.82) is 0 Å². The van der Waals surface area contributed by atoms with Gasteiger partial charge in [-0.3, -0.25) is 10.1 Å². The van der Waals surface area contributed by atoms with E-state index in [1.54, 1.807) is 12.1 Å². The summed E-state index contributed by atoms with van der Waals surface area (Å²) >= 11 is 6.07. The Balaban J connectivity index is 1.64. The van der Waals surface area contributed by atoms with Crippen LogP contribution in [0.2, 0.25) is 5.02 Å². The van der Waals surface area contributed by atoms with Gasteiger partial charge in [0, 0.05) is 25.1 Å². The molecular formula is C16H15ClN2O2. The second-order valence-corrected chi connectivity index (χ2v) is 5.63. The molecule has 5 heteroatoms. The lowest BCUT2D eigenvalue weighted by Gasteiger charge is -2.30. The van der Waals surface area contributed by atoms with Crippen molar-refractivity contribution < 1.29 is 4.92 Å². The van der Waals surface area contributed by atoms with Crippen LogP contribution in [0.4, 0.5) is 5.69 Å². The molecule has 0 spiro atoms. The van der Waals surface area contributed by atoms with Crippen molar-refractivity contribution in [2.75, 3.05) is 6.54 Å². The lowest BCUT2D eigenvalue weighted by atomic mass is 9.77. The minimum Gasteiger partial charge on any atom is -0.312 e. The highest BCUT2D eigenvalue weighted by atomic mass is 35.5. The van der Waals surface area contributed by atoms with E-state index in [-0.39, 0.29) is 10.6 Å². The Morgan fingerprint density at radius 2 is 2.05 bits per heavy atom. The second kappa shape index (κ2) is 5.84. The van der Waals surface area contributed by atoms with Crippen molar-refractivity contribution in [3.63, 3.8) is 0 Å². The summed E-state index contributed by atoms with van der Waals surface area (Å²) in [6.07, 6.45) is 1.06. The normalized spacial score (nSPS) is 16.1. The van der Waals surface area contributed by atoms with E-state index in [4.69, 9.17) is 11.6 Å². The first-order valence-corrected chi connectivity index (χ1v) is 7.25. The van der Waals surface area contributed by atoms with E-state index in [2.05, 4.69) is 23.5 Å². The van der Waals surface area contributed by atoms with Crippen LogP contribution in [0.15, 0.2) is 42.5 Å². The molecule has 0 bridgehead atoms. The third-order valence-corrected chi connectivity index (χ3v) is 4.30. The number of nitro benzene ring substituents is 1. The molecule has 108 valence electrons. The molecule has 1 atom stereocenters. The number of halogens is 1. The second-order valence-electron chi connectivity index (χ2n) is 5.23. The van der Waals surface area contributed by atoms with Gasteiger partial charge in [-0.25, -0.2) is 0 Å². The number of fused-ring (bicyclic) bond motifs is 1. The van der Waals surface area contributed by atoms with Gasteiger partial charge in [0.15, 0.2) is 0 Å². The molecule has 4 nitrogen and oxygen atoms in total. The summed E-state index contributed by atoms with van der Waals surface area (Å²) < 4.78 is 0. The topological polar surface area (TPSA) is 55.2 Å². The first-order valence-electron chi connectivity index (χ1n) is 6.87. The van der Waals surface area contributed by atoms with E-state index >= 15 is 0 Å². The Morgan fingerprint density at radius 3 is 2.81 bits per heavy atom. The molecule has 0 radical (unpaired) electrons. The lowest BCUT2D eigenvalue weighted by Crippen LogP contribution is -2.29. The van der Waals surface area contributed by atoms with Crippen LogP contribution < -0.4 is 5.32 Å². The molecule has 0 saturated heterocycles. The van der Waals surface area contributed by atoms with Crippen LogP contribution in [0.3, 0.4) is 0 Å². The van der Waals surface area contributed by atoms with E-state index in [9.17, 15) is 10.1 Å². The fourth-order valence-electron chi connectivity index (χ4n) is 2.81. The van der Waals surface area contributed by atoms with E-state index in [0.29, 0.717) is 23.0 Å². The van der Waals surface area contributed by atoms with Gasteiger partial charge in [-0.05, 0) is 23.6 Å². The number of rotatable bonds is 5. The molecule has 1 unspecified atom stereocenters. The van der Waals surface area contributed by atoms with E-state index < -0.39 is 0 Å². The summed E-state index contributed by atoms with van der Waals surface area (Å²) in [6, 6.07) is 13.2. The smallest absolute Gasteiger partial charge is 0.275 e. The van der Waals surface area contributed by atoms with Gasteiger partial charge < -0.3 is 5.32 Å². The third-order valence-electron chi connectivity index (χ3n) is 3.94. The SMILES string of the molecule is O=[N+]([O-])c1cccc(Cl)c1CNCC1Cc2ccccc21. The molecule has 1 N–H and O–H groups in total. The van der Waals surface area contributed by atoms with Crippen LogP contribution in [0.25, 0.3) is 0 Å². The maximum Gasteiger partial charge on any atom is 0.275 e. The average molecular weight is 303 g/mol. The molecule has 0 aliphatic heterocycles. The molecule has 0 amide bonds. The van der Waals surface area contributed by atoms with Crippen molar-refractivity contribution >= 4 is 17.3 Å². The van der Waals surface area contributed by atoms with Crippen LogP contribution >= 0.6 is 11.6 Å². The Morgan fingerprint density at radius 1 is 1.24 bits per heavy atom. The molecule has 3 rings (SSSR count). The van der Waals surface area contributed by atoms with Crippen LogP contribution in [0.1, 0.15) is 22.6 Å². The van der Waals surface area contributed by atoms with Gasteiger partial charge >= 0.3 is 0 Å². The number of nitrogens with one attached hydrogen (secondary N) is 1. The molecule has 0 fully saturated rings. The number of hydrogen-bond acceptors (Lipinski definition) is 3. The maximum absolute atomic E-state index is 11.0. The molecule has 1 aliphatic carbocycles. The summed E-state index contributed by atoms with van der Waals surface area (Å²) in [5, 5.41) is 14.7. The molecule has 2 aromatic carbocycles. The highest BCUT2D eigenvalue weighted by molar-refractivity contribution is 6.31. The summed E-state index contributed by atoms with van der Waals surface area (Å²) in [5.74, 6) is 0.489. The lowest BCUT2D eigenvalue weighted by molar-refractivity contribution is -0.385. The van der Waals surface area contributed by atoms with Gasteiger partial charge in [0.2, 0.25) is 0 Å². The van der Waals surface area contributed by atoms with Gasteiger partial charge in [0.1, 0.15) is 0 Å². The average Bonchev–Trinajstić information content (AvgIpc) is 2.45. The van der Waals surface area contributed by atoms with Crippen LogP contribution in [-0.4, -0.2) is 11.5 Å². The van der Waals surface area contributed by atoms with E-state index in [1.165, 1.54) is 17.2 Å². The van der Waals surface area contributed by atoms with E-state index in [1.807, 2.05) is 6.07 Å². The maximum atomic E-state index is 11.0. The van der Waals surface area contributed by atoms with Crippen molar-refractivity contribution in [1.82, 2.24) is 5.32 Å². The third kappa shape index (κ3) is 2.77. The zero-order valence-corrected chi connectivity index (χ0v) is 12.1. The van der Waals surface area contributed by atoms with Gasteiger partial charge in [-0.1, -0.05) is 41.9 Å². The molecule has 0 aromatic heterocycles. The number of nitro groups is 1. The minimum absolute atomic E-state index is 0.0732. The largest absolute Gasteiger partial charge is 0.312 e. The fraction of sp³-hybridized carbons (Fsp3) is 0.250. The molecule has 21 heavy (non-hydrogen) atoms. The monoisotopic (exact) mass is 302 g/mol. The van der Waals surface area contributed by atoms with Gasteiger partial charge in [0.25, 0.3) is 5.69 Å². The Hall–Kier alpha value is -1.91. The van der Waals surface area contributed by atoms with E-state index in [0.717, 1.165) is 13.0 Å². The Labute approximate surface area is 127 Å². The highest BCUT2D eigenvalue weighted by Crippen LogP contribution is 2.34. The van der Waals surface area contributed by atoms with Crippen molar-refractivity contribution in [3.8, 4) is 0 Å². The fourth-order valence-corrected chi connectivity index (χ4v) is 3.05. The molecule has 0 heterocycles. The van der Waals surface area contributed by atoms with Crippen molar-refractivity contribution in [2.24, 2.45) is 0 Å². The molecule has 2 aromatic rings. The Kier molecular flexibility index (Phi) is 3.90. The summed E-state index contributed by atoms with van der Waals surface area (Å²) in [4.78, 5) is 10.6. The zero-order chi connectivity index (χ0) is 14.8. The quantitative estimate of drug-likeness (QED) is 0.677. The summed E-state index contributed by atoms with van der Waals surface area (Å²) in [6.45, 7) is 1.22. The number of benzene rings is 2. The van der Waals surface area contributed by atoms with Crippen LogP contribution in [0.5, 0.6) is 0 Å². The molecule has 0 saturated carbocycles. The minimum atomic E-state index is -0.387. The number of nitrogens with zero attached hydrogens (tertiary/aromatic N) is 1. The first kappa shape index (κ1) is 14.0. The van der Waals surface area contributed by atoms with Gasteiger partial charge in [-0.2, -0.15) is 0 Å². The van der Waals surface area contributed by atoms with Crippen molar-refractivity contribution in [2.45, 2.75) is 18.9 Å². The summed E-state index contributed by atoms with van der Waals surface area (Å²) in [7, 11) is 0. The summed E-state index contributed by atoms with van der Waals surface area (Å²) in [5.41, 5.74) is 3.40.